The lowest BCUT2D eigenvalue weighted by molar-refractivity contribution is 0.0444. The van der Waals surface area contributed by atoms with Crippen LogP contribution in [0.3, 0.4) is 0 Å². The van der Waals surface area contributed by atoms with Gasteiger partial charge in [-0.3, -0.25) is 10.00 Å². The van der Waals surface area contributed by atoms with Crippen molar-refractivity contribution in [2.45, 2.75) is 45.3 Å². The number of aromatic amines is 1. The molecule has 17 heavy (non-hydrogen) atoms. The van der Waals surface area contributed by atoms with Gasteiger partial charge in [0.25, 0.3) is 0 Å². The van der Waals surface area contributed by atoms with Crippen molar-refractivity contribution in [2.75, 3.05) is 13.1 Å². The second-order valence-electron chi connectivity index (χ2n) is 5.24. The van der Waals surface area contributed by atoms with Crippen molar-refractivity contribution in [3.05, 3.63) is 16.4 Å². The molecular formula is C12H20ClN3O. The number of hydrogen-bond donors (Lipinski definition) is 2. The summed E-state index contributed by atoms with van der Waals surface area (Å²) in [6.45, 7) is 6.50. The number of halogens is 1. The molecule has 1 fully saturated rings. The topological polar surface area (TPSA) is 52.2 Å². The Morgan fingerprint density at radius 3 is 2.88 bits per heavy atom. The Morgan fingerprint density at radius 1 is 1.47 bits per heavy atom. The lowest BCUT2D eigenvalue weighted by Crippen LogP contribution is -2.28. The van der Waals surface area contributed by atoms with Gasteiger partial charge in [0.05, 0.1) is 22.0 Å². The normalized spacial score (nSPS) is 27.1. The fourth-order valence-corrected chi connectivity index (χ4v) is 2.40. The van der Waals surface area contributed by atoms with Crippen LogP contribution in [-0.2, 0) is 6.54 Å². The Hall–Kier alpha value is -0.580. The number of aromatic nitrogens is 2. The van der Waals surface area contributed by atoms with Crippen molar-refractivity contribution in [3.63, 3.8) is 0 Å². The van der Waals surface area contributed by atoms with Crippen LogP contribution in [0.4, 0.5) is 0 Å². The third kappa shape index (κ3) is 3.21. The molecule has 1 saturated heterocycles. The van der Waals surface area contributed by atoms with Gasteiger partial charge in [-0.1, -0.05) is 11.6 Å². The van der Waals surface area contributed by atoms with Crippen molar-refractivity contribution in [2.24, 2.45) is 0 Å². The summed E-state index contributed by atoms with van der Waals surface area (Å²) >= 11 is 6.16. The fraction of sp³-hybridized carbons (Fsp3) is 0.750. The summed E-state index contributed by atoms with van der Waals surface area (Å²) in [6.07, 6.45) is 2.71. The van der Waals surface area contributed by atoms with E-state index in [4.69, 9.17) is 11.6 Å². The summed E-state index contributed by atoms with van der Waals surface area (Å²) in [5, 5.41) is 17.9. The lowest BCUT2D eigenvalue weighted by atomic mass is 9.98. The molecule has 0 aromatic carbocycles. The first-order valence-electron chi connectivity index (χ1n) is 6.12. The van der Waals surface area contributed by atoms with E-state index in [-0.39, 0.29) is 0 Å². The predicted octanol–water partition coefficient (Wildman–Crippen LogP) is 2.11. The lowest BCUT2D eigenvalue weighted by Gasteiger charge is -2.21. The van der Waals surface area contributed by atoms with Gasteiger partial charge in [-0.05, 0) is 39.7 Å². The van der Waals surface area contributed by atoms with E-state index >= 15 is 0 Å². The molecule has 2 heterocycles. The Balaban J connectivity index is 1.98. The summed E-state index contributed by atoms with van der Waals surface area (Å²) < 4.78 is 0. The molecule has 0 radical (unpaired) electrons. The number of hydrogen-bond acceptors (Lipinski definition) is 3. The first-order chi connectivity index (χ1) is 7.98. The summed E-state index contributed by atoms with van der Waals surface area (Å²) in [5.41, 5.74) is 1.31. The van der Waals surface area contributed by atoms with Gasteiger partial charge < -0.3 is 5.11 Å². The second-order valence-corrected chi connectivity index (χ2v) is 5.61. The Bertz CT molecular complexity index is 389. The summed E-state index contributed by atoms with van der Waals surface area (Å²) in [7, 11) is 0. The van der Waals surface area contributed by atoms with Gasteiger partial charge in [0.2, 0.25) is 0 Å². The van der Waals surface area contributed by atoms with Crippen LogP contribution in [0.1, 0.15) is 37.6 Å². The summed E-state index contributed by atoms with van der Waals surface area (Å²) in [6, 6.07) is 0. The monoisotopic (exact) mass is 257 g/mol. The van der Waals surface area contributed by atoms with Crippen LogP contribution < -0.4 is 0 Å². The molecule has 0 spiro atoms. The maximum atomic E-state index is 10.0. The van der Waals surface area contributed by atoms with Gasteiger partial charge in [-0.2, -0.15) is 5.10 Å². The Labute approximate surface area is 107 Å². The van der Waals surface area contributed by atoms with Crippen LogP contribution in [0.5, 0.6) is 0 Å². The van der Waals surface area contributed by atoms with Gasteiger partial charge in [0.15, 0.2) is 0 Å². The van der Waals surface area contributed by atoms with Crippen molar-refractivity contribution < 1.29 is 5.11 Å². The largest absolute Gasteiger partial charge is 0.390 e. The number of likely N-dealkylation sites (tertiary alicyclic amines) is 1. The van der Waals surface area contributed by atoms with Crippen LogP contribution in [0.15, 0.2) is 0 Å². The third-order valence-corrected chi connectivity index (χ3v) is 3.97. The molecule has 0 bridgehead atoms. The van der Waals surface area contributed by atoms with Gasteiger partial charge in [-0.15, -0.1) is 0 Å². The summed E-state index contributed by atoms with van der Waals surface area (Å²) in [4.78, 5) is 2.31. The molecular weight excluding hydrogens is 238 g/mol. The molecule has 0 saturated carbocycles. The van der Waals surface area contributed by atoms with Crippen LogP contribution in [0.2, 0.25) is 5.02 Å². The van der Waals surface area contributed by atoms with Crippen LogP contribution in [-0.4, -0.2) is 38.9 Å². The highest BCUT2D eigenvalue weighted by Gasteiger charge is 2.25. The minimum atomic E-state index is -0.514. The predicted molar refractivity (Wildman–Crippen MR) is 68.1 cm³/mol. The summed E-state index contributed by atoms with van der Waals surface area (Å²) in [5.74, 6) is 0. The highest BCUT2D eigenvalue weighted by molar-refractivity contribution is 6.31. The zero-order valence-corrected chi connectivity index (χ0v) is 11.2. The van der Waals surface area contributed by atoms with Gasteiger partial charge >= 0.3 is 0 Å². The zero-order chi connectivity index (χ0) is 12.5. The first kappa shape index (κ1) is 12.9. The van der Waals surface area contributed by atoms with E-state index in [0.717, 1.165) is 55.3 Å². The SMILES string of the molecule is Cc1[nH]nc(CN2CCC[C@@](C)(O)CC2)c1Cl. The van der Waals surface area contributed by atoms with Crippen LogP contribution in [0, 0.1) is 6.92 Å². The first-order valence-corrected chi connectivity index (χ1v) is 6.50. The average Bonchev–Trinajstić information content (AvgIpc) is 2.48. The molecule has 96 valence electrons. The van der Waals surface area contributed by atoms with E-state index in [1.807, 2.05) is 13.8 Å². The molecule has 0 amide bonds. The number of aryl methyl sites for hydroxylation is 1. The van der Waals surface area contributed by atoms with Crippen LogP contribution in [0.25, 0.3) is 0 Å². The van der Waals surface area contributed by atoms with Crippen molar-refractivity contribution in [1.29, 1.82) is 0 Å². The fourth-order valence-electron chi connectivity index (χ4n) is 2.26. The Kier molecular flexibility index (Phi) is 3.76. The molecule has 1 aliphatic rings. The molecule has 0 unspecified atom stereocenters. The van der Waals surface area contributed by atoms with Crippen molar-refractivity contribution in [1.82, 2.24) is 15.1 Å². The highest BCUT2D eigenvalue weighted by Crippen LogP contribution is 2.24. The molecule has 1 aromatic heterocycles. The molecule has 5 heteroatoms. The third-order valence-electron chi connectivity index (χ3n) is 3.47. The standard InChI is InChI=1S/C12H20ClN3O/c1-9-11(13)10(15-14-9)8-16-6-3-4-12(2,17)5-7-16/h17H,3-8H2,1-2H3,(H,14,15)/t12-/m1/s1. The van der Waals surface area contributed by atoms with Crippen LogP contribution >= 0.6 is 11.6 Å². The quantitative estimate of drug-likeness (QED) is 0.853. The molecule has 1 aromatic rings. The van der Waals surface area contributed by atoms with Gasteiger partial charge in [-0.25, -0.2) is 0 Å². The average molecular weight is 258 g/mol. The molecule has 2 rings (SSSR count). The van der Waals surface area contributed by atoms with E-state index in [1.54, 1.807) is 0 Å². The minimum absolute atomic E-state index is 0.514. The second kappa shape index (κ2) is 4.96. The molecule has 0 aliphatic carbocycles. The number of nitrogens with one attached hydrogen (secondary N) is 1. The minimum Gasteiger partial charge on any atom is -0.390 e. The smallest absolute Gasteiger partial charge is 0.0951 e. The maximum absolute atomic E-state index is 10.0. The number of nitrogens with zero attached hydrogens (tertiary/aromatic N) is 2. The molecule has 4 nitrogen and oxygen atoms in total. The molecule has 2 N–H and O–H groups in total. The molecule has 1 aliphatic heterocycles. The highest BCUT2D eigenvalue weighted by atomic mass is 35.5. The number of aliphatic hydroxyl groups is 1. The molecule has 1 atom stereocenters. The maximum Gasteiger partial charge on any atom is 0.0951 e. The van der Waals surface area contributed by atoms with E-state index in [0.29, 0.717) is 0 Å². The van der Waals surface area contributed by atoms with Gasteiger partial charge in [0.1, 0.15) is 0 Å². The number of H-pyrrole nitrogens is 1. The Morgan fingerprint density at radius 2 is 2.24 bits per heavy atom. The van der Waals surface area contributed by atoms with E-state index < -0.39 is 5.60 Å². The van der Waals surface area contributed by atoms with E-state index in [9.17, 15) is 5.11 Å². The van der Waals surface area contributed by atoms with Crippen molar-refractivity contribution >= 4 is 11.6 Å². The number of rotatable bonds is 2. The van der Waals surface area contributed by atoms with Gasteiger partial charge in [0, 0.05) is 13.1 Å². The van der Waals surface area contributed by atoms with E-state index in [1.165, 1.54) is 0 Å². The zero-order valence-electron chi connectivity index (χ0n) is 10.5. The van der Waals surface area contributed by atoms with Crippen molar-refractivity contribution in [3.8, 4) is 0 Å². The van der Waals surface area contributed by atoms with E-state index in [2.05, 4.69) is 15.1 Å².